The number of hydrogen-bond donors (Lipinski definition) is 1. The molecule has 128 valence electrons. The van der Waals surface area contributed by atoms with Gasteiger partial charge in [-0.3, -0.25) is 0 Å². The number of phenols is 1. The van der Waals surface area contributed by atoms with Gasteiger partial charge in [0.25, 0.3) is 0 Å². The molecule has 4 aromatic rings. The van der Waals surface area contributed by atoms with E-state index in [1.807, 2.05) is 48.5 Å². The van der Waals surface area contributed by atoms with Crippen molar-refractivity contribution >= 4 is 27.5 Å². The lowest BCUT2D eigenvalue weighted by Gasteiger charge is -2.14. The van der Waals surface area contributed by atoms with Gasteiger partial charge in [-0.15, -0.1) is 0 Å². The highest BCUT2D eigenvalue weighted by atomic mass is 16.5. The minimum atomic E-state index is -0.516. The van der Waals surface area contributed by atoms with E-state index in [-0.39, 0.29) is 17.9 Å². The first-order valence-corrected chi connectivity index (χ1v) is 8.60. The van der Waals surface area contributed by atoms with E-state index in [0.29, 0.717) is 5.39 Å². The Morgan fingerprint density at radius 3 is 2.27 bits per heavy atom. The van der Waals surface area contributed by atoms with Crippen LogP contribution in [0.5, 0.6) is 5.75 Å². The number of benzene rings is 4. The molecule has 0 saturated heterocycles. The summed E-state index contributed by atoms with van der Waals surface area (Å²) in [6.45, 7) is 2.01. The van der Waals surface area contributed by atoms with Gasteiger partial charge in [0, 0.05) is 5.39 Å². The number of fused-ring (bicyclic) bond motifs is 2. The second kappa shape index (κ2) is 6.52. The molecule has 0 fully saturated rings. The van der Waals surface area contributed by atoms with Gasteiger partial charge in [-0.05, 0) is 40.3 Å². The average molecular weight is 342 g/mol. The third-order valence-electron chi connectivity index (χ3n) is 4.59. The zero-order chi connectivity index (χ0) is 18.1. The summed E-state index contributed by atoms with van der Waals surface area (Å²) in [6, 6.07) is 23.5. The Kier molecular flexibility index (Phi) is 4.05. The first-order chi connectivity index (χ1) is 12.7. The lowest BCUT2D eigenvalue weighted by molar-refractivity contribution is 0.0523. The fraction of sp³-hybridized carbons (Fsp3) is 0.0870. The molecule has 0 amide bonds. The van der Waals surface area contributed by atoms with Gasteiger partial charge in [0.1, 0.15) is 11.3 Å². The third-order valence-corrected chi connectivity index (χ3v) is 4.59. The standard InChI is InChI=1S/C23H18O3/c1-2-26-23(25)21-14-20(18-11-5-6-12-19(18)22(21)24)17-13-7-9-15-8-3-4-10-16(15)17/h3-14,24H,2H2,1H3. The second-order valence-corrected chi connectivity index (χ2v) is 6.11. The van der Waals surface area contributed by atoms with Crippen LogP contribution in [-0.2, 0) is 4.74 Å². The minimum Gasteiger partial charge on any atom is -0.506 e. The van der Waals surface area contributed by atoms with Gasteiger partial charge in [-0.2, -0.15) is 0 Å². The summed E-state index contributed by atoms with van der Waals surface area (Å²) >= 11 is 0. The van der Waals surface area contributed by atoms with E-state index in [2.05, 4.69) is 18.2 Å². The molecule has 0 aliphatic rings. The van der Waals surface area contributed by atoms with E-state index < -0.39 is 5.97 Å². The highest BCUT2D eigenvalue weighted by molar-refractivity contribution is 6.11. The number of aromatic hydroxyl groups is 1. The Morgan fingerprint density at radius 2 is 1.50 bits per heavy atom. The number of hydrogen-bond acceptors (Lipinski definition) is 3. The van der Waals surface area contributed by atoms with E-state index in [4.69, 9.17) is 4.74 Å². The Bertz CT molecular complexity index is 1120. The van der Waals surface area contributed by atoms with Gasteiger partial charge < -0.3 is 9.84 Å². The molecule has 26 heavy (non-hydrogen) atoms. The molecule has 0 aliphatic heterocycles. The van der Waals surface area contributed by atoms with E-state index >= 15 is 0 Å². The van der Waals surface area contributed by atoms with E-state index in [0.717, 1.165) is 27.3 Å². The summed E-state index contributed by atoms with van der Waals surface area (Å²) in [7, 11) is 0. The van der Waals surface area contributed by atoms with E-state index in [1.54, 1.807) is 13.0 Å². The SMILES string of the molecule is CCOC(=O)c1cc(-c2cccc3ccccc23)c2ccccc2c1O. The number of esters is 1. The predicted octanol–water partition coefficient (Wildman–Crippen LogP) is 5.54. The number of phenolic OH excluding ortho intramolecular Hbond substituents is 1. The second-order valence-electron chi connectivity index (χ2n) is 6.11. The predicted molar refractivity (Wildman–Crippen MR) is 105 cm³/mol. The number of ether oxygens (including phenoxy) is 1. The monoisotopic (exact) mass is 342 g/mol. The smallest absolute Gasteiger partial charge is 0.341 e. The quantitative estimate of drug-likeness (QED) is 0.497. The van der Waals surface area contributed by atoms with Crippen molar-refractivity contribution in [2.24, 2.45) is 0 Å². The van der Waals surface area contributed by atoms with E-state index in [1.165, 1.54) is 0 Å². The molecule has 0 unspecified atom stereocenters. The topological polar surface area (TPSA) is 46.5 Å². The maximum Gasteiger partial charge on any atom is 0.341 e. The van der Waals surface area contributed by atoms with Crippen molar-refractivity contribution in [1.29, 1.82) is 0 Å². The molecule has 0 aromatic heterocycles. The van der Waals surface area contributed by atoms with Crippen LogP contribution in [0.3, 0.4) is 0 Å². The van der Waals surface area contributed by atoms with Crippen LogP contribution in [0.15, 0.2) is 72.8 Å². The van der Waals surface area contributed by atoms with Crippen LogP contribution >= 0.6 is 0 Å². The van der Waals surface area contributed by atoms with Gasteiger partial charge in [-0.25, -0.2) is 4.79 Å². The van der Waals surface area contributed by atoms with Gasteiger partial charge in [0.15, 0.2) is 0 Å². The molecule has 0 spiro atoms. The zero-order valence-corrected chi connectivity index (χ0v) is 14.4. The normalized spacial score (nSPS) is 11.0. The molecule has 0 heterocycles. The van der Waals surface area contributed by atoms with Crippen LogP contribution in [-0.4, -0.2) is 17.7 Å². The van der Waals surface area contributed by atoms with Gasteiger partial charge >= 0.3 is 5.97 Å². The summed E-state index contributed by atoms with van der Waals surface area (Å²) in [5.41, 5.74) is 2.11. The fourth-order valence-corrected chi connectivity index (χ4v) is 3.41. The highest BCUT2D eigenvalue weighted by Gasteiger charge is 2.19. The van der Waals surface area contributed by atoms with Crippen LogP contribution in [0, 0.1) is 0 Å². The molecule has 0 bridgehead atoms. The third kappa shape index (κ3) is 2.58. The molecule has 0 aliphatic carbocycles. The molecule has 0 saturated carbocycles. The minimum absolute atomic E-state index is 0.0389. The number of rotatable bonds is 3. The Morgan fingerprint density at radius 1 is 0.846 bits per heavy atom. The first kappa shape index (κ1) is 16.2. The molecule has 0 radical (unpaired) electrons. The fourth-order valence-electron chi connectivity index (χ4n) is 3.41. The van der Waals surface area contributed by atoms with Gasteiger partial charge in [-0.1, -0.05) is 66.7 Å². The van der Waals surface area contributed by atoms with Crippen molar-refractivity contribution in [2.45, 2.75) is 6.92 Å². The summed E-state index contributed by atoms with van der Waals surface area (Å²) < 4.78 is 5.14. The zero-order valence-electron chi connectivity index (χ0n) is 14.4. The van der Waals surface area contributed by atoms with Crippen molar-refractivity contribution in [1.82, 2.24) is 0 Å². The molecule has 3 heteroatoms. The van der Waals surface area contributed by atoms with Crippen molar-refractivity contribution in [3.8, 4) is 16.9 Å². The molecule has 4 aromatic carbocycles. The van der Waals surface area contributed by atoms with Crippen LogP contribution < -0.4 is 0 Å². The Balaban J connectivity index is 2.08. The lowest BCUT2D eigenvalue weighted by atomic mass is 9.91. The van der Waals surface area contributed by atoms with Crippen LogP contribution in [0.4, 0.5) is 0 Å². The Labute approximate surface area is 151 Å². The van der Waals surface area contributed by atoms with Crippen LogP contribution in [0.1, 0.15) is 17.3 Å². The average Bonchev–Trinajstić information content (AvgIpc) is 2.68. The molecule has 4 rings (SSSR count). The van der Waals surface area contributed by atoms with Crippen molar-refractivity contribution in [3.63, 3.8) is 0 Å². The maximum absolute atomic E-state index is 12.4. The van der Waals surface area contributed by atoms with Crippen molar-refractivity contribution < 1.29 is 14.6 Å². The number of carbonyl (C=O) groups is 1. The van der Waals surface area contributed by atoms with Crippen LogP contribution in [0.25, 0.3) is 32.7 Å². The first-order valence-electron chi connectivity index (χ1n) is 8.60. The van der Waals surface area contributed by atoms with Crippen LogP contribution in [0.2, 0.25) is 0 Å². The molecular formula is C23H18O3. The maximum atomic E-state index is 12.4. The molecule has 1 N–H and O–H groups in total. The summed E-state index contributed by atoms with van der Waals surface area (Å²) in [4.78, 5) is 12.4. The summed E-state index contributed by atoms with van der Waals surface area (Å²) in [5, 5.41) is 14.4. The van der Waals surface area contributed by atoms with Crippen molar-refractivity contribution in [2.75, 3.05) is 6.61 Å². The van der Waals surface area contributed by atoms with Crippen molar-refractivity contribution in [3.05, 3.63) is 78.4 Å². The van der Waals surface area contributed by atoms with E-state index in [9.17, 15) is 9.90 Å². The largest absolute Gasteiger partial charge is 0.506 e. The summed E-state index contributed by atoms with van der Waals surface area (Å²) in [6.07, 6.45) is 0. The molecule has 0 atom stereocenters. The molecule has 3 nitrogen and oxygen atoms in total. The highest BCUT2D eigenvalue weighted by Crippen LogP contribution is 2.39. The molecular weight excluding hydrogens is 324 g/mol. The van der Waals surface area contributed by atoms with Gasteiger partial charge in [0.05, 0.1) is 6.61 Å². The number of carbonyl (C=O) groups excluding carboxylic acids is 1. The Hall–Kier alpha value is -3.33. The summed E-state index contributed by atoms with van der Waals surface area (Å²) in [5.74, 6) is -0.555. The van der Waals surface area contributed by atoms with Gasteiger partial charge in [0.2, 0.25) is 0 Å². The lowest BCUT2D eigenvalue weighted by Crippen LogP contribution is -2.05.